The molecule has 0 aromatic heterocycles. The summed E-state index contributed by atoms with van der Waals surface area (Å²) < 4.78 is 0. The molecule has 1 aliphatic rings. The van der Waals surface area contributed by atoms with Gasteiger partial charge in [0, 0.05) is 35.6 Å². The average molecular weight is 350 g/mol. The van der Waals surface area contributed by atoms with E-state index < -0.39 is 22.7 Å². The van der Waals surface area contributed by atoms with E-state index in [0.29, 0.717) is 10.8 Å². The maximum Gasteiger partial charge on any atom is 1.00 e. The molecule has 122 valence electrons. The minimum atomic E-state index is -1.27. The van der Waals surface area contributed by atoms with Crippen molar-refractivity contribution in [1.82, 2.24) is 4.90 Å². The average Bonchev–Trinajstić information content (AvgIpc) is 2.54. The zero-order valence-corrected chi connectivity index (χ0v) is 15.4. The van der Waals surface area contributed by atoms with Gasteiger partial charge in [0.1, 0.15) is 0 Å². The summed E-state index contributed by atoms with van der Waals surface area (Å²) in [6, 6.07) is 7.18. The van der Waals surface area contributed by atoms with E-state index in [1.807, 2.05) is 0 Å². The Labute approximate surface area is 163 Å². The van der Waals surface area contributed by atoms with E-state index in [1.165, 1.54) is 12.1 Å². The molecule has 0 spiro atoms. The summed E-state index contributed by atoms with van der Waals surface area (Å²) in [7, 11) is 0. The SMILES string of the molecule is O=C([O-])CCCN1C(=O)c2cccc3cc([N+](=O)[O-])cc(c23)C1=O.[Na+]. The van der Waals surface area contributed by atoms with Crippen LogP contribution in [0.4, 0.5) is 5.69 Å². The number of carboxylic acid groups (broad SMARTS) is 1. The first-order valence-corrected chi connectivity index (χ1v) is 7.17. The van der Waals surface area contributed by atoms with Gasteiger partial charge in [0.05, 0.1) is 10.5 Å². The molecule has 0 fully saturated rings. The second-order valence-electron chi connectivity index (χ2n) is 5.39. The van der Waals surface area contributed by atoms with Gasteiger partial charge in [-0.3, -0.25) is 24.6 Å². The Hall–Kier alpha value is -2.29. The van der Waals surface area contributed by atoms with Crippen molar-refractivity contribution >= 4 is 34.2 Å². The molecule has 9 heteroatoms. The summed E-state index contributed by atoms with van der Waals surface area (Å²) in [6.07, 6.45) is -0.233. The Morgan fingerprint density at radius 2 is 1.80 bits per heavy atom. The van der Waals surface area contributed by atoms with E-state index in [2.05, 4.69) is 0 Å². The molecule has 1 heterocycles. The van der Waals surface area contributed by atoms with Gasteiger partial charge in [0.25, 0.3) is 17.5 Å². The minimum absolute atomic E-state index is 0. The number of imide groups is 1. The number of carboxylic acids is 1. The molecule has 0 N–H and O–H groups in total. The minimum Gasteiger partial charge on any atom is -0.550 e. The van der Waals surface area contributed by atoms with Crippen molar-refractivity contribution in [1.29, 1.82) is 0 Å². The van der Waals surface area contributed by atoms with E-state index in [-0.39, 0.29) is 65.8 Å². The third kappa shape index (κ3) is 3.41. The molecule has 1 aliphatic heterocycles. The number of nitrogens with zero attached hydrogens (tertiary/aromatic N) is 2. The number of non-ortho nitro benzene ring substituents is 1. The first-order chi connectivity index (χ1) is 11.4. The van der Waals surface area contributed by atoms with Crippen molar-refractivity contribution in [2.24, 2.45) is 0 Å². The summed E-state index contributed by atoms with van der Waals surface area (Å²) in [5, 5.41) is 22.4. The molecular weight excluding hydrogens is 339 g/mol. The second-order valence-corrected chi connectivity index (χ2v) is 5.39. The van der Waals surface area contributed by atoms with Crippen molar-refractivity contribution < 1.29 is 54.0 Å². The van der Waals surface area contributed by atoms with E-state index in [0.717, 1.165) is 11.0 Å². The topological polar surface area (TPSA) is 121 Å². The number of benzene rings is 2. The van der Waals surface area contributed by atoms with Gasteiger partial charge in [-0.25, -0.2) is 0 Å². The number of hydrogen-bond acceptors (Lipinski definition) is 6. The van der Waals surface area contributed by atoms with Crippen LogP contribution in [0.25, 0.3) is 10.8 Å². The van der Waals surface area contributed by atoms with E-state index in [1.54, 1.807) is 12.1 Å². The Kier molecular flexibility index (Phi) is 5.56. The van der Waals surface area contributed by atoms with Crippen molar-refractivity contribution in [3.8, 4) is 0 Å². The number of aliphatic carboxylic acids is 1. The fraction of sp³-hybridized carbons (Fsp3) is 0.188. The predicted octanol–water partition coefficient (Wildman–Crippen LogP) is -2.12. The molecule has 25 heavy (non-hydrogen) atoms. The monoisotopic (exact) mass is 350 g/mol. The summed E-state index contributed by atoms with van der Waals surface area (Å²) in [4.78, 5) is 47.0. The molecule has 2 aromatic carbocycles. The molecule has 0 aliphatic carbocycles. The maximum absolute atomic E-state index is 12.6. The summed E-state index contributed by atoms with van der Waals surface area (Å²) >= 11 is 0. The zero-order valence-electron chi connectivity index (χ0n) is 13.4. The molecule has 0 saturated heterocycles. The zero-order chi connectivity index (χ0) is 17.4. The number of carbonyl (C=O) groups is 3. The van der Waals surface area contributed by atoms with Crippen molar-refractivity contribution in [2.75, 3.05) is 6.54 Å². The van der Waals surface area contributed by atoms with Gasteiger partial charge in [-0.15, -0.1) is 0 Å². The quantitative estimate of drug-likeness (QED) is 0.263. The molecule has 0 bridgehead atoms. The van der Waals surface area contributed by atoms with E-state index in [4.69, 9.17) is 0 Å². The van der Waals surface area contributed by atoms with Crippen LogP contribution in [0.15, 0.2) is 30.3 Å². The molecule has 0 atom stereocenters. The number of amides is 2. The second kappa shape index (κ2) is 7.30. The fourth-order valence-corrected chi connectivity index (χ4v) is 2.83. The van der Waals surface area contributed by atoms with Gasteiger partial charge >= 0.3 is 29.6 Å². The van der Waals surface area contributed by atoms with Crippen LogP contribution in [0.3, 0.4) is 0 Å². The number of hydrogen-bond donors (Lipinski definition) is 0. The van der Waals surface area contributed by atoms with E-state index >= 15 is 0 Å². The van der Waals surface area contributed by atoms with Crippen LogP contribution >= 0.6 is 0 Å². The van der Waals surface area contributed by atoms with Crippen molar-refractivity contribution in [2.45, 2.75) is 12.8 Å². The van der Waals surface area contributed by atoms with Crippen LogP contribution < -0.4 is 34.7 Å². The maximum atomic E-state index is 12.6. The number of nitro benzene ring substituents is 1. The van der Waals surface area contributed by atoms with Gasteiger partial charge in [-0.05, 0) is 24.3 Å². The molecule has 0 radical (unpaired) electrons. The molecule has 0 saturated carbocycles. The Morgan fingerprint density at radius 3 is 2.44 bits per heavy atom. The first kappa shape index (κ1) is 19.0. The Morgan fingerprint density at radius 1 is 1.12 bits per heavy atom. The number of carbonyl (C=O) groups excluding carboxylic acids is 3. The van der Waals surface area contributed by atoms with Gasteiger partial charge < -0.3 is 9.90 Å². The third-order valence-electron chi connectivity index (χ3n) is 3.89. The van der Waals surface area contributed by atoms with Crippen molar-refractivity contribution in [3.05, 3.63) is 51.6 Å². The largest absolute Gasteiger partial charge is 1.00 e. The van der Waals surface area contributed by atoms with Crippen LogP contribution in [-0.4, -0.2) is 34.2 Å². The standard InChI is InChI=1S/C16H12N2O6.Na/c19-13(20)5-2-6-17-15(21)11-4-1-3-9-7-10(18(23)24)8-12(14(9)11)16(17)22;/h1,3-4,7-8H,2,5-6H2,(H,19,20);/q;+1/p-1. The van der Waals surface area contributed by atoms with Crippen LogP contribution in [0.1, 0.15) is 33.6 Å². The first-order valence-electron chi connectivity index (χ1n) is 7.17. The third-order valence-corrected chi connectivity index (χ3v) is 3.89. The molecule has 8 nitrogen and oxygen atoms in total. The summed E-state index contributed by atoms with van der Waals surface area (Å²) in [5.74, 6) is -2.47. The van der Waals surface area contributed by atoms with Crippen LogP contribution in [0, 0.1) is 10.1 Å². The smallest absolute Gasteiger partial charge is 0.550 e. The Bertz CT molecular complexity index is 911. The van der Waals surface area contributed by atoms with Crippen LogP contribution in [0.2, 0.25) is 0 Å². The molecule has 2 amide bonds. The fourth-order valence-electron chi connectivity index (χ4n) is 2.83. The molecule has 2 aromatic rings. The van der Waals surface area contributed by atoms with Gasteiger partial charge in [0.15, 0.2) is 0 Å². The van der Waals surface area contributed by atoms with Crippen molar-refractivity contribution in [3.63, 3.8) is 0 Å². The molecule has 0 unspecified atom stereocenters. The summed E-state index contributed by atoms with van der Waals surface area (Å²) in [5.41, 5.74) is 0.0975. The van der Waals surface area contributed by atoms with Gasteiger partial charge in [-0.2, -0.15) is 0 Å². The molecular formula is C16H11N2NaO6. The Balaban J connectivity index is 0.00000225. The number of nitro groups is 1. The van der Waals surface area contributed by atoms with E-state index in [9.17, 15) is 29.6 Å². The van der Waals surface area contributed by atoms with Gasteiger partial charge in [-0.1, -0.05) is 12.1 Å². The molecule has 3 rings (SSSR count). The normalized spacial score (nSPS) is 12.9. The van der Waals surface area contributed by atoms with Crippen LogP contribution in [0.5, 0.6) is 0 Å². The van der Waals surface area contributed by atoms with Crippen LogP contribution in [-0.2, 0) is 4.79 Å². The van der Waals surface area contributed by atoms with Gasteiger partial charge in [0.2, 0.25) is 0 Å². The predicted molar refractivity (Wildman–Crippen MR) is 80.2 cm³/mol. The number of rotatable bonds is 5. The summed E-state index contributed by atoms with van der Waals surface area (Å²) in [6.45, 7) is -0.0931.